The molecule has 1 aliphatic heterocycles. The first-order valence-electron chi connectivity index (χ1n) is 9.54. The van der Waals surface area contributed by atoms with Crippen LogP contribution in [0.2, 0.25) is 0 Å². The Morgan fingerprint density at radius 3 is 2.46 bits per heavy atom. The summed E-state index contributed by atoms with van der Waals surface area (Å²) in [6.07, 6.45) is 2.59. The minimum atomic E-state index is -0.200. The molecule has 0 aliphatic carbocycles. The molecule has 0 radical (unpaired) electrons. The number of likely N-dealkylation sites (tertiary alicyclic amines) is 1. The molecule has 1 fully saturated rings. The van der Waals surface area contributed by atoms with E-state index in [4.69, 9.17) is 4.74 Å². The number of ether oxygens (including phenoxy) is 1. The summed E-state index contributed by atoms with van der Waals surface area (Å²) in [5.74, 6) is 1.19. The number of anilines is 2. The standard InChI is InChI=1S/C22H24N4O2/c1-28-19-10-6-17(7-11-19)20-14-21(27)25-22(24-20)23-18-8-4-16(5-9-18)15-26-12-2-3-13-26/h4-11,14H,2-3,12-13,15H2,1H3,(H2,23,24,25,27). The van der Waals surface area contributed by atoms with Crippen LogP contribution in [0.5, 0.6) is 5.75 Å². The van der Waals surface area contributed by atoms with Gasteiger partial charge in [-0.05, 0) is 67.9 Å². The van der Waals surface area contributed by atoms with Crippen molar-refractivity contribution in [3.05, 3.63) is 70.5 Å². The molecular weight excluding hydrogens is 352 g/mol. The predicted molar refractivity (Wildman–Crippen MR) is 111 cm³/mol. The number of rotatable bonds is 6. The molecule has 4 rings (SSSR count). The average molecular weight is 376 g/mol. The van der Waals surface area contributed by atoms with Crippen LogP contribution in [0.25, 0.3) is 11.3 Å². The zero-order valence-electron chi connectivity index (χ0n) is 15.9. The summed E-state index contributed by atoms with van der Waals surface area (Å²) in [4.78, 5) is 21.8. The highest BCUT2D eigenvalue weighted by Crippen LogP contribution is 2.22. The molecule has 0 unspecified atom stereocenters. The number of aromatic nitrogens is 2. The normalized spacial score (nSPS) is 14.2. The van der Waals surface area contributed by atoms with Crippen LogP contribution in [-0.2, 0) is 6.54 Å². The largest absolute Gasteiger partial charge is 0.497 e. The van der Waals surface area contributed by atoms with Crippen molar-refractivity contribution in [2.24, 2.45) is 0 Å². The second-order valence-electron chi connectivity index (χ2n) is 7.01. The van der Waals surface area contributed by atoms with Crippen molar-refractivity contribution in [1.82, 2.24) is 14.9 Å². The van der Waals surface area contributed by atoms with Gasteiger partial charge in [0.15, 0.2) is 0 Å². The number of methoxy groups -OCH3 is 1. The first kappa shape index (κ1) is 18.3. The molecule has 0 spiro atoms. The van der Waals surface area contributed by atoms with E-state index in [1.807, 2.05) is 36.4 Å². The molecule has 1 aliphatic rings. The number of nitrogens with zero attached hydrogens (tertiary/aromatic N) is 2. The molecule has 6 heteroatoms. The third kappa shape index (κ3) is 4.40. The van der Waals surface area contributed by atoms with Crippen LogP contribution < -0.4 is 15.6 Å². The minimum Gasteiger partial charge on any atom is -0.497 e. The van der Waals surface area contributed by atoms with E-state index in [1.165, 1.54) is 37.6 Å². The Morgan fingerprint density at radius 1 is 1.07 bits per heavy atom. The van der Waals surface area contributed by atoms with Crippen LogP contribution in [0.1, 0.15) is 18.4 Å². The number of benzene rings is 2. The number of aromatic amines is 1. The first-order chi connectivity index (χ1) is 13.7. The van der Waals surface area contributed by atoms with Crippen molar-refractivity contribution in [3.8, 4) is 17.0 Å². The molecule has 2 N–H and O–H groups in total. The summed E-state index contributed by atoms with van der Waals surface area (Å²) in [6.45, 7) is 3.36. The second kappa shape index (κ2) is 8.27. The van der Waals surface area contributed by atoms with E-state index in [-0.39, 0.29) is 5.56 Å². The van der Waals surface area contributed by atoms with Gasteiger partial charge >= 0.3 is 0 Å². The molecule has 0 saturated carbocycles. The highest BCUT2D eigenvalue weighted by molar-refractivity contribution is 5.62. The summed E-state index contributed by atoms with van der Waals surface area (Å²) in [6, 6.07) is 17.2. The molecule has 2 heterocycles. The van der Waals surface area contributed by atoms with E-state index in [1.54, 1.807) is 7.11 Å². The van der Waals surface area contributed by atoms with Crippen LogP contribution in [0.15, 0.2) is 59.4 Å². The van der Waals surface area contributed by atoms with Gasteiger partial charge in [0.25, 0.3) is 5.56 Å². The third-order valence-electron chi connectivity index (χ3n) is 4.95. The summed E-state index contributed by atoms with van der Waals surface area (Å²) >= 11 is 0. The topological polar surface area (TPSA) is 70.2 Å². The average Bonchev–Trinajstić information content (AvgIpc) is 3.22. The smallest absolute Gasteiger partial charge is 0.252 e. The summed E-state index contributed by atoms with van der Waals surface area (Å²) in [7, 11) is 1.62. The first-order valence-corrected chi connectivity index (χ1v) is 9.54. The third-order valence-corrected chi connectivity index (χ3v) is 4.95. The van der Waals surface area contributed by atoms with Gasteiger partial charge in [0.2, 0.25) is 5.95 Å². The Balaban J connectivity index is 1.49. The lowest BCUT2D eigenvalue weighted by Gasteiger charge is -2.15. The summed E-state index contributed by atoms with van der Waals surface area (Å²) < 4.78 is 5.18. The second-order valence-corrected chi connectivity index (χ2v) is 7.01. The lowest BCUT2D eigenvalue weighted by Crippen LogP contribution is -2.18. The molecule has 1 saturated heterocycles. The Labute approximate surface area is 164 Å². The molecule has 0 amide bonds. The van der Waals surface area contributed by atoms with E-state index in [0.717, 1.165) is 23.5 Å². The number of nitrogens with one attached hydrogen (secondary N) is 2. The van der Waals surface area contributed by atoms with Crippen LogP contribution in [0, 0.1) is 0 Å². The maximum atomic E-state index is 12.1. The van der Waals surface area contributed by atoms with Gasteiger partial charge in [0.05, 0.1) is 12.8 Å². The van der Waals surface area contributed by atoms with Gasteiger partial charge in [-0.15, -0.1) is 0 Å². The van der Waals surface area contributed by atoms with Gasteiger partial charge in [0, 0.05) is 23.9 Å². The maximum Gasteiger partial charge on any atom is 0.252 e. The van der Waals surface area contributed by atoms with Crippen molar-refractivity contribution >= 4 is 11.6 Å². The number of hydrogen-bond acceptors (Lipinski definition) is 5. The lowest BCUT2D eigenvalue weighted by molar-refractivity contribution is 0.331. The van der Waals surface area contributed by atoms with Crippen LogP contribution in [0.4, 0.5) is 11.6 Å². The van der Waals surface area contributed by atoms with Gasteiger partial charge in [0.1, 0.15) is 5.75 Å². The molecule has 1 aromatic heterocycles. The van der Waals surface area contributed by atoms with Crippen molar-refractivity contribution in [1.29, 1.82) is 0 Å². The number of H-pyrrole nitrogens is 1. The predicted octanol–water partition coefficient (Wildman–Crippen LogP) is 3.78. The van der Waals surface area contributed by atoms with E-state index in [0.29, 0.717) is 11.6 Å². The monoisotopic (exact) mass is 376 g/mol. The minimum absolute atomic E-state index is 0.200. The zero-order valence-corrected chi connectivity index (χ0v) is 15.9. The summed E-state index contributed by atoms with van der Waals surface area (Å²) in [5, 5.41) is 3.19. The van der Waals surface area contributed by atoms with Gasteiger partial charge in [-0.1, -0.05) is 12.1 Å². The maximum absolute atomic E-state index is 12.1. The van der Waals surface area contributed by atoms with Crippen molar-refractivity contribution in [3.63, 3.8) is 0 Å². The molecule has 144 valence electrons. The highest BCUT2D eigenvalue weighted by atomic mass is 16.5. The van der Waals surface area contributed by atoms with Crippen molar-refractivity contribution in [2.75, 3.05) is 25.5 Å². The molecule has 0 bridgehead atoms. The number of hydrogen-bond donors (Lipinski definition) is 2. The lowest BCUT2D eigenvalue weighted by atomic mass is 10.1. The molecule has 6 nitrogen and oxygen atoms in total. The van der Waals surface area contributed by atoms with Crippen LogP contribution in [-0.4, -0.2) is 35.1 Å². The van der Waals surface area contributed by atoms with E-state index < -0.39 is 0 Å². The Kier molecular flexibility index (Phi) is 5.39. The fraction of sp³-hybridized carbons (Fsp3) is 0.273. The van der Waals surface area contributed by atoms with Crippen LogP contribution in [0.3, 0.4) is 0 Å². The highest BCUT2D eigenvalue weighted by Gasteiger charge is 2.11. The molecular formula is C22H24N4O2. The van der Waals surface area contributed by atoms with Gasteiger partial charge in [-0.2, -0.15) is 0 Å². The molecule has 2 aromatic carbocycles. The SMILES string of the molecule is COc1ccc(-c2cc(=O)[nH]c(Nc3ccc(CN4CCCC4)cc3)n2)cc1. The van der Waals surface area contributed by atoms with Crippen LogP contribution >= 0.6 is 0 Å². The van der Waals surface area contributed by atoms with Gasteiger partial charge in [-0.3, -0.25) is 14.7 Å². The Hall–Kier alpha value is -3.12. The van der Waals surface area contributed by atoms with E-state index in [9.17, 15) is 4.79 Å². The fourth-order valence-corrected chi connectivity index (χ4v) is 3.46. The Morgan fingerprint density at radius 2 is 1.79 bits per heavy atom. The molecule has 28 heavy (non-hydrogen) atoms. The van der Waals surface area contributed by atoms with Crippen molar-refractivity contribution in [2.45, 2.75) is 19.4 Å². The van der Waals surface area contributed by atoms with Gasteiger partial charge in [-0.25, -0.2) is 4.98 Å². The zero-order chi connectivity index (χ0) is 19.3. The van der Waals surface area contributed by atoms with E-state index >= 15 is 0 Å². The Bertz CT molecular complexity index is 975. The molecule has 0 atom stereocenters. The summed E-state index contributed by atoms with van der Waals surface area (Å²) in [5.41, 5.74) is 3.45. The quantitative estimate of drug-likeness (QED) is 0.685. The van der Waals surface area contributed by atoms with E-state index in [2.05, 4.69) is 32.3 Å². The fourth-order valence-electron chi connectivity index (χ4n) is 3.46. The van der Waals surface area contributed by atoms with Crippen molar-refractivity contribution < 1.29 is 4.74 Å². The van der Waals surface area contributed by atoms with Gasteiger partial charge < -0.3 is 10.1 Å². The molecule has 3 aromatic rings.